The maximum atomic E-state index is 9.33. The lowest BCUT2D eigenvalue weighted by Gasteiger charge is -2.25. The normalized spacial score (nSPS) is 15.5. The number of hydrogen-bond acceptors (Lipinski definition) is 7. The van der Waals surface area contributed by atoms with Crippen LogP contribution < -0.4 is 4.74 Å². The van der Waals surface area contributed by atoms with Gasteiger partial charge in [0.1, 0.15) is 5.71 Å². The van der Waals surface area contributed by atoms with Crippen molar-refractivity contribution in [2.75, 3.05) is 19.8 Å². The molecule has 0 radical (unpaired) electrons. The first-order chi connectivity index (χ1) is 11.2. The SMILES string of the molecule is Cc1ccc(C/C(=N\O)c2nonc2OCC2COC2)cc1Br. The lowest BCUT2D eigenvalue weighted by Crippen LogP contribution is -2.32. The van der Waals surface area contributed by atoms with Crippen molar-refractivity contribution in [3.05, 3.63) is 39.5 Å². The van der Waals surface area contributed by atoms with Crippen molar-refractivity contribution < 1.29 is 19.3 Å². The summed E-state index contributed by atoms with van der Waals surface area (Å²) >= 11 is 3.49. The van der Waals surface area contributed by atoms with E-state index in [1.54, 1.807) is 0 Å². The van der Waals surface area contributed by atoms with Gasteiger partial charge in [-0.3, -0.25) is 0 Å². The van der Waals surface area contributed by atoms with E-state index in [1.165, 1.54) is 0 Å². The molecule has 23 heavy (non-hydrogen) atoms. The Labute approximate surface area is 141 Å². The summed E-state index contributed by atoms with van der Waals surface area (Å²) in [5, 5.41) is 20.2. The fraction of sp³-hybridized carbons (Fsp3) is 0.400. The standard InChI is InChI=1S/C15H16BrN3O4/c1-9-2-3-10(4-12(9)16)5-13(17-20)14-15(19-23-18-14)22-8-11-6-21-7-11/h2-4,11,20H,5-8H2,1H3/b17-13+. The summed E-state index contributed by atoms with van der Waals surface area (Å²) in [5.74, 6) is 0.581. The lowest BCUT2D eigenvalue weighted by molar-refractivity contribution is -0.0518. The number of nitrogens with zero attached hydrogens (tertiary/aromatic N) is 3. The van der Waals surface area contributed by atoms with Gasteiger partial charge in [-0.05, 0) is 34.4 Å². The minimum Gasteiger partial charge on any atom is -0.473 e. The van der Waals surface area contributed by atoms with Gasteiger partial charge in [-0.25, -0.2) is 4.63 Å². The average molecular weight is 382 g/mol. The van der Waals surface area contributed by atoms with Crippen LogP contribution in [0.4, 0.5) is 0 Å². The highest BCUT2D eigenvalue weighted by Gasteiger charge is 2.23. The molecule has 0 bridgehead atoms. The number of hydrogen-bond donors (Lipinski definition) is 1. The van der Waals surface area contributed by atoms with Crippen molar-refractivity contribution in [3.8, 4) is 5.88 Å². The van der Waals surface area contributed by atoms with Crippen molar-refractivity contribution in [2.45, 2.75) is 13.3 Å². The fourth-order valence-electron chi connectivity index (χ4n) is 2.14. The molecule has 7 nitrogen and oxygen atoms in total. The molecule has 1 aliphatic heterocycles. The summed E-state index contributed by atoms with van der Waals surface area (Å²) in [6.07, 6.45) is 0.381. The summed E-state index contributed by atoms with van der Waals surface area (Å²) in [6, 6.07) is 5.93. The number of aryl methyl sites for hydroxylation is 1. The second-order valence-electron chi connectivity index (χ2n) is 5.44. The van der Waals surface area contributed by atoms with Gasteiger partial charge in [0.25, 0.3) is 5.88 Å². The number of halogens is 1. The summed E-state index contributed by atoms with van der Waals surface area (Å²) in [6.45, 7) is 3.83. The first-order valence-corrected chi connectivity index (χ1v) is 7.96. The molecule has 122 valence electrons. The van der Waals surface area contributed by atoms with Gasteiger partial charge in [0, 0.05) is 16.8 Å². The van der Waals surface area contributed by atoms with Crippen LogP contribution in [-0.2, 0) is 11.2 Å². The minimum atomic E-state index is 0.232. The summed E-state index contributed by atoms with van der Waals surface area (Å²) in [5.41, 5.74) is 2.74. The Hall–Kier alpha value is -1.93. The van der Waals surface area contributed by atoms with Crippen LogP contribution in [0.5, 0.6) is 5.88 Å². The van der Waals surface area contributed by atoms with Gasteiger partial charge in [-0.2, -0.15) is 0 Å². The van der Waals surface area contributed by atoms with E-state index < -0.39 is 0 Å². The van der Waals surface area contributed by atoms with E-state index in [9.17, 15) is 5.21 Å². The molecular weight excluding hydrogens is 366 g/mol. The number of ether oxygens (including phenoxy) is 2. The van der Waals surface area contributed by atoms with E-state index in [1.807, 2.05) is 25.1 Å². The molecule has 0 unspecified atom stereocenters. The molecule has 2 aromatic rings. The van der Waals surface area contributed by atoms with Gasteiger partial charge in [-0.15, -0.1) is 0 Å². The maximum Gasteiger partial charge on any atom is 0.285 e. The molecule has 0 saturated carbocycles. The highest BCUT2D eigenvalue weighted by atomic mass is 79.9. The Kier molecular flexibility index (Phi) is 4.92. The fourth-order valence-corrected chi connectivity index (χ4v) is 2.56. The van der Waals surface area contributed by atoms with E-state index in [2.05, 4.69) is 31.4 Å². The molecule has 2 heterocycles. The topological polar surface area (TPSA) is 90.0 Å². The summed E-state index contributed by atoms with van der Waals surface area (Å²) < 4.78 is 16.4. The van der Waals surface area contributed by atoms with Crippen molar-refractivity contribution in [1.82, 2.24) is 10.3 Å². The van der Waals surface area contributed by atoms with Gasteiger partial charge in [0.15, 0.2) is 5.69 Å². The van der Waals surface area contributed by atoms with E-state index in [4.69, 9.17) is 14.1 Å². The molecule has 1 saturated heterocycles. The summed E-state index contributed by atoms with van der Waals surface area (Å²) in [7, 11) is 0. The molecule has 3 rings (SSSR count). The van der Waals surface area contributed by atoms with Crippen LogP contribution in [0.1, 0.15) is 16.8 Å². The first-order valence-electron chi connectivity index (χ1n) is 7.16. The third-order valence-corrected chi connectivity index (χ3v) is 4.48. The number of oxime groups is 1. The van der Waals surface area contributed by atoms with Crippen molar-refractivity contribution >= 4 is 21.6 Å². The predicted octanol–water partition coefficient (Wildman–Crippen LogP) is 2.59. The molecule has 0 atom stereocenters. The van der Waals surface area contributed by atoms with Crippen LogP contribution in [0.3, 0.4) is 0 Å². The predicted molar refractivity (Wildman–Crippen MR) is 85.0 cm³/mol. The molecule has 0 spiro atoms. The third kappa shape index (κ3) is 3.70. The first kappa shape index (κ1) is 15.9. The zero-order valence-corrected chi connectivity index (χ0v) is 14.1. The molecule has 8 heteroatoms. The van der Waals surface area contributed by atoms with Crippen molar-refractivity contribution in [2.24, 2.45) is 11.1 Å². The summed E-state index contributed by atoms with van der Waals surface area (Å²) in [4.78, 5) is 0. The zero-order chi connectivity index (χ0) is 16.2. The molecule has 1 aromatic carbocycles. The zero-order valence-electron chi connectivity index (χ0n) is 12.5. The van der Waals surface area contributed by atoms with Crippen LogP contribution in [0.2, 0.25) is 0 Å². The number of rotatable bonds is 6. The molecular formula is C15H16BrN3O4. The highest BCUT2D eigenvalue weighted by Crippen LogP contribution is 2.22. The second kappa shape index (κ2) is 7.10. The van der Waals surface area contributed by atoms with Crippen molar-refractivity contribution in [1.29, 1.82) is 0 Å². The van der Waals surface area contributed by atoms with Crippen LogP contribution in [-0.4, -0.2) is 41.1 Å². The minimum absolute atomic E-state index is 0.232. The number of aromatic nitrogens is 2. The van der Waals surface area contributed by atoms with E-state index in [0.717, 1.165) is 15.6 Å². The van der Waals surface area contributed by atoms with E-state index in [-0.39, 0.29) is 5.88 Å². The van der Waals surface area contributed by atoms with Crippen LogP contribution in [0, 0.1) is 12.8 Å². The molecule has 0 aliphatic carbocycles. The van der Waals surface area contributed by atoms with Crippen LogP contribution >= 0.6 is 15.9 Å². The van der Waals surface area contributed by atoms with Crippen LogP contribution in [0.15, 0.2) is 32.5 Å². The van der Waals surface area contributed by atoms with Gasteiger partial charge < -0.3 is 14.7 Å². The van der Waals surface area contributed by atoms with Gasteiger partial charge in [0.2, 0.25) is 0 Å². The quantitative estimate of drug-likeness (QED) is 0.469. The second-order valence-corrected chi connectivity index (χ2v) is 6.29. The number of benzene rings is 1. The average Bonchev–Trinajstić information content (AvgIpc) is 2.95. The molecule has 0 amide bonds. The van der Waals surface area contributed by atoms with Crippen LogP contribution in [0.25, 0.3) is 0 Å². The smallest absolute Gasteiger partial charge is 0.285 e. The Morgan fingerprint density at radius 2 is 2.26 bits per heavy atom. The Bertz CT molecular complexity index is 712. The highest BCUT2D eigenvalue weighted by molar-refractivity contribution is 9.10. The van der Waals surface area contributed by atoms with Gasteiger partial charge in [0.05, 0.1) is 19.8 Å². The van der Waals surface area contributed by atoms with E-state index >= 15 is 0 Å². The maximum absolute atomic E-state index is 9.33. The van der Waals surface area contributed by atoms with Gasteiger partial charge >= 0.3 is 0 Å². The van der Waals surface area contributed by atoms with Gasteiger partial charge in [-0.1, -0.05) is 33.2 Å². The molecule has 1 N–H and O–H groups in total. The Balaban J connectivity index is 1.73. The molecule has 1 fully saturated rings. The largest absolute Gasteiger partial charge is 0.473 e. The van der Waals surface area contributed by atoms with Crippen molar-refractivity contribution in [3.63, 3.8) is 0 Å². The monoisotopic (exact) mass is 381 g/mol. The molecule has 1 aromatic heterocycles. The molecule has 1 aliphatic rings. The lowest BCUT2D eigenvalue weighted by atomic mass is 10.1. The Morgan fingerprint density at radius 1 is 1.43 bits per heavy atom. The van der Waals surface area contributed by atoms with E-state index in [0.29, 0.717) is 43.6 Å². The third-order valence-electron chi connectivity index (χ3n) is 3.62. The Morgan fingerprint density at radius 3 is 2.91 bits per heavy atom.